The number of hydrogen-bond acceptors (Lipinski definition) is 9. The van der Waals surface area contributed by atoms with E-state index in [1.165, 1.54) is 0 Å². The maximum absolute atomic E-state index is 15.0. The van der Waals surface area contributed by atoms with Crippen LogP contribution >= 0.6 is 0 Å². The van der Waals surface area contributed by atoms with Crippen molar-refractivity contribution in [3.05, 3.63) is 130 Å². The second-order valence-corrected chi connectivity index (χ2v) is 23.0. The van der Waals surface area contributed by atoms with Crippen LogP contribution in [0.4, 0.5) is 16.2 Å². The molecule has 2 heterocycles. The highest BCUT2D eigenvalue weighted by Crippen LogP contribution is 2.51. The summed E-state index contributed by atoms with van der Waals surface area (Å²) in [5.74, 6) is -0.241. The molecule has 3 aromatic carbocycles. The molecule has 1 saturated carbocycles. The zero-order valence-electron chi connectivity index (χ0n) is 40.3. The van der Waals surface area contributed by atoms with E-state index in [0.29, 0.717) is 43.5 Å². The van der Waals surface area contributed by atoms with Crippen LogP contribution in [0.5, 0.6) is 0 Å². The molecule has 0 bridgehead atoms. The fourth-order valence-corrected chi connectivity index (χ4v) is 11.4. The molecule has 2 aliphatic heterocycles. The Balaban J connectivity index is 1.46. The van der Waals surface area contributed by atoms with Gasteiger partial charge in [0.1, 0.15) is 22.8 Å². The van der Waals surface area contributed by atoms with Crippen molar-refractivity contribution >= 4 is 55.1 Å². The van der Waals surface area contributed by atoms with Crippen molar-refractivity contribution in [1.29, 1.82) is 10.5 Å². The van der Waals surface area contributed by atoms with Gasteiger partial charge < -0.3 is 9.64 Å². The molecule has 4 aliphatic rings. The molecular weight excluding hydrogens is 895 g/mol. The second-order valence-electron chi connectivity index (χ2n) is 20.3. The van der Waals surface area contributed by atoms with Gasteiger partial charge in [0.05, 0.1) is 40.1 Å². The quantitative estimate of drug-likeness (QED) is 0.0646. The van der Waals surface area contributed by atoms with E-state index >= 15 is 0 Å². The topological polar surface area (TPSA) is 172 Å². The molecule has 12 nitrogen and oxygen atoms in total. The number of fused-ring (bicyclic) bond motifs is 3. The summed E-state index contributed by atoms with van der Waals surface area (Å²) in [4.78, 5) is 19.0. The summed E-state index contributed by atoms with van der Waals surface area (Å²) in [5.41, 5.74) is 9.21. The molecule has 1 N–H and O–H groups in total. The third kappa shape index (κ3) is 10.6. The normalized spacial score (nSPS) is 18.9. The molecule has 7 rings (SSSR count). The number of allylic oxidation sites excluding steroid dienone is 7. The number of benzene rings is 3. The molecule has 14 heteroatoms. The first-order valence-corrected chi connectivity index (χ1v) is 26.7. The van der Waals surface area contributed by atoms with Crippen LogP contribution in [0.1, 0.15) is 140 Å². The molecule has 0 saturated heterocycles. The van der Waals surface area contributed by atoms with E-state index in [9.17, 15) is 36.7 Å². The van der Waals surface area contributed by atoms with Gasteiger partial charge in [0, 0.05) is 70.4 Å². The zero-order chi connectivity index (χ0) is 49.2. The maximum atomic E-state index is 15.0. The average Bonchev–Trinajstić information content (AvgIpc) is 3.78. The molecule has 0 aromatic heterocycles. The summed E-state index contributed by atoms with van der Waals surface area (Å²) in [7, 11) is -6.64. The van der Waals surface area contributed by atoms with Gasteiger partial charge in [-0.15, -0.1) is 0 Å². The molecule has 3 aromatic rings. The highest BCUT2D eigenvalue weighted by Gasteiger charge is 2.46. The zero-order valence-corrected chi connectivity index (χ0v) is 42.1. The van der Waals surface area contributed by atoms with Gasteiger partial charge in [0.15, 0.2) is 5.71 Å². The van der Waals surface area contributed by atoms with Crippen LogP contribution in [0.15, 0.2) is 96.4 Å². The van der Waals surface area contributed by atoms with Crippen molar-refractivity contribution < 1.29 is 35.5 Å². The second kappa shape index (κ2) is 20.0. The first-order valence-electron chi connectivity index (χ1n) is 23.7. The fraction of sp³-hybridized carbons (Fsp3) is 0.444. The maximum Gasteiger partial charge on any atom is 0.415 e. The van der Waals surface area contributed by atoms with E-state index in [0.717, 1.165) is 94.0 Å². The van der Waals surface area contributed by atoms with Crippen molar-refractivity contribution in [2.24, 2.45) is 0 Å². The van der Waals surface area contributed by atoms with E-state index < -0.39 is 43.3 Å². The number of carbonyl (C=O) groups is 1. The number of anilines is 1. The molecule has 358 valence electrons. The first-order chi connectivity index (χ1) is 32.2. The van der Waals surface area contributed by atoms with Crippen LogP contribution in [0.2, 0.25) is 0 Å². The number of carbonyl (C=O) groups excluding carboxylic acids is 1. The fourth-order valence-electron chi connectivity index (χ4n) is 10.4. The van der Waals surface area contributed by atoms with Crippen LogP contribution in [0.3, 0.4) is 0 Å². The van der Waals surface area contributed by atoms with Crippen LogP contribution in [-0.4, -0.2) is 78.9 Å². The van der Waals surface area contributed by atoms with Gasteiger partial charge in [-0.25, -0.2) is 13.2 Å². The number of unbranched alkanes of at least 4 members (excludes halogenated alkanes) is 2. The molecule has 0 spiro atoms. The Kier molecular flexibility index (Phi) is 14.8. The number of ether oxygens (including phenoxy) is 1. The lowest BCUT2D eigenvalue weighted by Gasteiger charge is -2.37. The molecular formula is C54H64N5O7S2+. The lowest BCUT2D eigenvalue weighted by atomic mass is 9.80. The summed E-state index contributed by atoms with van der Waals surface area (Å²) >= 11 is 0. The van der Waals surface area contributed by atoms with Crippen molar-refractivity contribution in [3.8, 4) is 12.1 Å². The van der Waals surface area contributed by atoms with E-state index in [2.05, 4.69) is 85.7 Å². The Labute approximate surface area is 404 Å². The predicted octanol–water partition coefficient (Wildman–Crippen LogP) is 10.5. The van der Waals surface area contributed by atoms with Gasteiger partial charge in [-0.2, -0.15) is 23.5 Å². The van der Waals surface area contributed by atoms with Gasteiger partial charge in [0.25, 0.3) is 10.1 Å². The Morgan fingerprint density at radius 1 is 0.882 bits per heavy atom. The van der Waals surface area contributed by atoms with E-state index in [1.54, 1.807) is 6.07 Å². The molecule has 1 amide bonds. The Hall–Kier alpha value is -5.80. The molecule has 68 heavy (non-hydrogen) atoms. The summed E-state index contributed by atoms with van der Waals surface area (Å²) < 4.78 is 64.6. The number of nitriles is 2. The van der Waals surface area contributed by atoms with E-state index in [-0.39, 0.29) is 24.0 Å². The predicted molar refractivity (Wildman–Crippen MR) is 269 cm³/mol. The molecule has 1 fully saturated rings. The monoisotopic (exact) mass is 958 g/mol. The Morgan fingerprint density at radius 2 is 1.54 bits per heavy atom. The molecule has 0 unspecified atom stereocenters. The number of amides is 1. The smallest absolute Gasteiger partial charge is 0.415 e. The van der Waals surface area contributed by atoms with Gasteiger partial charge in [-0.3, -0.25) is 9.45 Å². The Bertz CT molecular complexity index is 2920. The van der Waals surface area contributed by atoms with Crippen molar-refractivity contribution in [2.75, 3.05) is 29.5 Å². The van der Waals surface area contributed by atoms with Gasteiger partial charge in [-0.05, 0) is 126 Å². The molecule has 2 aliphatic carbocycles. The van der Waals surface area contributed by atoms with Crippen LogP contribution in [-0.2, 0) is 36.4 Å². The minimum atomic E-state index is -4.14. The standard InChI is InChI=1S/C54H63N5O7S2/c1-52(2,3)66-51(60)59(39-17-9-8-10-18-39)50-42(23-27-48-53(4,5)44-33-37(35-55)21-25-46(44)57(48)29-13-15-31-67(61)62)40-19-11-12-20-41(40)43(50)24-28-49-54(6,7)45-34-38(36-56)22-26-47(45)58(49)30-14-16-32-68(63,64)65/h11-12,19-28,33-34,39,67H,8-10,13-18,29-32H2,1-7H3/p+1. The number of rotatable bonds is 15. The highest BCUT2D eigenvalue weighted by molar-refractivity contribution is 7.85. The number of hydrogen-bond donors (Lipinski definition) is 2. The lowest BCUT2D eigenvalue weighted by molar-refractivity contribution is -0.438. The van der Waals surface area contributed by atoms with Crippen molar-refractivity contribution in [1.82, 2.24) is 4.90 Å². The summed E-state index contributed by atoms with van der Waals surface area (Å²) in [6.45, 7) is 15.2. The summed E-state index contributed by atoms with van der Waals surface area (Å²) in [5, 5.41) is 19.8. The van der Waals surface area contributed by atoms with Crippen molar-refractivity contribution in [3.63, 3.8) is 0 Å². The third-order valence-corrected chi connectivity index (χ3v) is 15.1. The van der Waals surface area contributed by atoms with Crippen LogP contribution < -0.4 is 4.90 Å². The van der Waals surface area contributed by atoms with Crippen LogP contribution in [0, 0.1) is 22.7 Å². The van der Waals surface area contributed by atoms with E-state index in [4.69, 9.17) is 4.74 Å². The first kappa shape index (κ1) is 50.1. The number of nitrogens with zero attached hydrogens (tertiary/aromatic N) is 5. The minimum absolute atomic E-state index is 0.105. The molecule has 0 atom stereocenters. The number of thiol groups is 1. The highest BCUT2D eigenvalue weighted by atomic mass is 32.2. The van der Waals surface area contributed by atoms with Crippen molar-refractivity contribution in [2.45, 2.75) is 129 Å². The van der Waals surface area contributed by atoms with E-state index in [1.807, 2.05) is 68.1 Å². The lowest BCUT2D eigenvalue weighted by Crippen LogP contribution is -2.43. The van der Waals surface area contributed by atoms with Crippen LogP contribution in [0.25, 0.3) is 11.1 Å². The molecule has 0 radical (unpaired) electrons. The van der Waals surface area contributed by atoms with Gasteiger partial charge >= 0.3 is 6.09 Å². The largest absolute Gasteiger partial charge is 0.443 e. The minimum Gasteiger partial charge on any atom is -0.443 e. The summed E-state index contributed by atoms with van der Waals surface area (Å²) in [6.07, 6.45) is 14.5. The van der Waals surface area contributed by atoms with Gasteiger partial charge in [0.2, 0.25) is 5.69 Å². The average molecular weight is 959 g/mol. The third-order valence-electron chi connectivity index (χ3n) is 13.7. The summed E-state index contributed by atoms with van der Waals surface area (Å²) in [6, 6.07) is 24.0. The Morgan fingerprint density at radius 3 is 2.19 bits per heavy atom. The van der Waals surface area contributed by atoms with Gasteiger partial charge in [-0.1, -0.05) is 63.5 Å². The SMILES string of the molecule is CC(C)(C)OC(=O)N(C1=C(/C=C/C2=[N+](CCCC[SH](=O)=O)c3ccc(C#N)cc3C2(C)C)c2ccccc2/C1=C\C=C1\N(CCCCS(=O)(=O)O)c2ccc(C#N)cc2C1(C)C)C1CCCCC1.